The van der Waals surface area contributed by atoms with Gasteiger partial charge >= 0.3 is 0 Å². The predicted octanol–water partition coefficient (Wildman–Crippen LogP) is 4.04. The minimum absolute atomic E-state index is 0.235. The average molecular weight is 345 g/mol. The molecular weight excluding hydrogens is 324 g/mol. The summed E-state index contributed by atoms with van der Waals surface area (Å²) in [5, 5.41) is 14.2. The molecule has 2 aromatic rings. The summed E-state index contributed by atoms with van der Waals surface area (Å²) in [6.07, 6.45) is 3.75. The third kappa shape index (κ3) is 5.72. The Morgan fingerprint density at radius 2 is 1.88 bits per heavy atom. The van der Waals surface area contributed by atoms with Crippen LogP contribution in [-0.4, -0.2) is 43.0 Å². The van der Waals surface area contributed by atoms with Gasteiger partial charge in [-0.15, -0.1) is 0 Å². The van der Waals surface area contributed by atoms with Gasteiger partial charge in [0.15, 0.2) is 0 Å². The number of nitrogens with zero attached hydrogens (tertiary/aromatic N) is 2. The summed E-state index contributed by atoms with van der Waals surface area (Å²) in [6, 6.07) is 14.4. The Labute approximate surface area is 147 Å². The van der Waals surface area contributed by atoms with E-state index in [2.05, 4.69) is 5.16 Å². The molecule has 0 bridgehead atoms. The van der Waals surface area contributed by atoms with Crippen LogP contribution in [0.15, 0.2) is 59.8 Å². The molecule has 0 heterocycles. The third-order valence-corrected chi connectivity index (χ3v) is 3.60. The van der Waals surface area contributed by atoms with Crippen molar-refractivity contribution in [1.82, 2.24) is 4.90 Å². The molecule has 4 nitrogen and oxygen atoms in total. The van der Waals surface area contributed by atoms with Gasteiger partial charge in [0.25, 0.3) is 0 Å². The van der Waals surface area contributed by atoms with Crippen LogP contribution in [0.25, 0.3) is 6.08 Å². The van der Waals surface area contributed by atoms with Crippen molar-refractivity contribution in [2.45, 2.75) is 0 Å². The lowest BCUT2D eigenvalue weighted by Gasteiger charge is -2.09. The number of phenolic OH excluding ortho intramolecular Hbond substituents is 1. The van der Waals surface area contributed by atoms with Crippen molar-refractivity contribution in [3.05, 3.63) is 70.8 Å². The summed E-state index contributed by atoms with van der Waals surface area (Å²) in [6.45, 7) is 1.27. The number of rotatable bonds is 7. The molecule has 0 saturated heterocycles. The maximum atomic E-state index is 9.35. The second-order valence-electron chi connectivity index (χ2n) is 5.52. The van der Waals surface area contributed by atoms with Crippen molar-refractivity contribution in [2.24, 2.45) is 5.16 Å². The van der Waals surface area contributed by atoms with E-state index in [9.17, 15) is 5.11 Å². The van der Waals surface area contributed by atoms with Gasteiger partial charge in [0.05, 0.1) is 5.02 Å². The lowest BCUT2D eigenvalue weighted by atomic mass is 10.1. The van der Waals surface area contributed by atoms with E-state index in [0.29, 0.717) is 17.3 Å². The SMILES string of the molecule is CN(C)CCON=C(C=Cc1ccc(O)cc1)c1ccccc1Cl. The Kier molecular flexibility index (Phi) is 6.85. The molecule has 2 aromatic carbocycles. The highest BCUT2D eigenvalue weighted by molar-refractivity contribution is 6.35. The van der Waals surface area contributed by atoms with E-state index in [0.717, 1.165) is 17.7 Å². The molecule has 2 rings (SSSR count). The fourth-order valence-corrected chi connectivity index (χ4v) is 2.17. The summed E-state index contributed by atoms with van der Waals surface area (Å²) in [5.74, 6) is 0.235. The summed E-state index contributed by atoms with van der Waals surface area (Å²) in [4.78, 5) is 7.44. The zero-order valence-corrected chi connectivity index (χ0v) is 14.6. The van der Waals surface area contributed by atoms with Gasteiger partial charge in [-0.05, 0) is 43.9 Å². The average Bonchev–Trinajstić information content (AvgIpc) is 2.56. The second kappa shape index (κ2) is 9.11. The molecule has 0 fully saturated rings. The van der Waals surface area contributed by atoms with Crippen LogP contribution in [0.1, 0.15) is 11.1 Å². The van der Waals surface area contributed by atoms with Crippen molar-refractivity contribution in [3.8, 4) is 5.75 Å². The molecule has 0 saturated carbocycles. The van der Waals surface area contributed by atoms with Gasteiger partial charge in [-0.1, -0.05) is 53.2 Å². The highest BCUT2D eigenvalue weighted by atomic mass is 35.5. The molecule has 0 unspecified atom stereocenters. The normalized spacial score (nSPS) is 12.1. The predicted molar refractivity (Wildman–Crippen MR) is 99.6 cm³/mol. The van der Waals surface area contributed by atoms with Crippen molar-refractivity contribution in [3.63, 3.8) is 0 Å². The fourth-order valence-electron chi connectivity index (χ4n) is 1.94. The molecule has 0 amide bonds. The topological polar surface area (TPSA) is 45.1 Å². The molecule has 0 spiro atoms. The molecule has 0 aliphatic rings. The molecule has 0 aliphatic carbocycles. The largest absolute Gasteiger partial charge is 0.508 e. The number of aromatic hydroxyl groups is 1. The Balaban J connectivity index is 2.20. The number of oxime groups is 1. The number of hydrogen-bond acceptors (Lipinski definition) is 4. The molecule has 126 valence electrons. The molecule has 5 heteroatoms. The Morgan fingerprint density at radius 3 is 2.54 bits per heavy atom. The quantitative estimate of drug-likeness (QED) is 0.468. The highest BCUT2D eigenvalue weighted by Crippen LogP contribution is 2.18. The fraction of sp³-hybridized carbons (Fsp3) is 0.211. The standard InChI is InChI=1S/C19H21ClN2O2/c1-22(2)13-14-24-21-19(17-5-3-4-6-18(17)20)12-9-15-7-10-16(23)11-8-15/h3-12,23H,13-14H2,1-2H3. The first kappa shape index (κ1) is 18.0. The third-order valence-electron chi connectivity index (χ3n) is 3.27. The van der Waals surface area contributed by atoms with Gasteiger partial charge in [-0.3, -0.25) is 0 Å². The number of allylic oxidation sites excluding steroid dienone is 1. The first-order valence-corrected chi connectivity index (χ1v) is 8.01. The van der Waals surface area contributed by atoms with Gasteiger partial charge < -0.3 is 14.8 Å². The second-order valence-corrected chi connectivity index (χ2v) is 5.92. The van der Waals surface area contributed by atoms with Crippen LogP contribution in [-0.2, 0) is 4.84 Å². The van der Waals surface area contributed by atoms with E-state index in [1.165, 1.54) is 0 Å². The summed E-state index contributed by atoms with van der Waals surface area (Å²) < 4.78 is 0. The summed E-state index contributed by atoms with van der Waals surface area (Å²) in [7, 11) is 3.96. The zero-order chi connectivity index (χ0) is 17.4. The van der Waals surface area contributed by atoms with E-state index in [-0.39, 0.29) is 5.75 Å². The summed E-state index contributed by atoms with van der Waals surface area (Å²) >= 11 is 6.27. The van der Waals surface area contributed by atoms with Crippen LogP contribution in [0.5, 0.6) is 5.75 Å². The minimum atomic E-state index is 0.235. The van der Waals surface area contributed by atoms with E-state index in [1.807, 2.05) is 67.5 Å². The lowest BCUT2D eigenvalue weighted by Crippen LogP contribution is -2.17. The molecule has 0 atom stereocenters. The molecular formula is C19H21ClN2O2. The Hall–Kier alpha value is -2.30. The lowest BCUT2D eigenvalue weighted by molar-refractivity contribution is 0.126. The number of likely N-dealkylation sites (N-methyl/N-ethyl adjacent to an activating group) is 1. The van der Waals surface area contributed by atoms with Crippen LogP contribution < -0.4 is 0 Å². The number of hydrogen-bond donors (Lipinski definition) is 1. The first-order valence-electron chi connectivity index (χ1n) is 7.63. The van der Waals surface area contributed by atoms with Crippen molar-refractivity contribution in [1.29, 1.82) is 0 Å². The molecule has 0 radical (unpaired) electrons. The smallest absolute Gasteiger partial charge is 0.129 e. The van der Waals surface area contributed by atoms with Gasteiger partial charge in [-0.2, -0.15) is 0 Å². The molecule has 1 N–H and O–H groups in total. The van der Waals surface area contributed by atoms with E-state index < -0.39 is 0 Å². The van der Waals surface area contributed by atoms with Gasteiger partial charge in [-0.25, -0.2) is 0 Å². The van der Waals surface area contributed by atoms with Gasteiger partial charge in [0.2, 0.25) is 0 Å². The minimum Gasteiger partial charge on any atom is -0.508 e. The van der Waals surface area contributed by atoms with Crippen molar-refractivity contribution >= 4 is 23.4 Å². The summed E-state index contributed by atoms with van der Waals surface area (Å²) in [5.41, 5.74) is 2.40. The number of benzene rings is 2. The van der Waals surface area contributed by atoms with Gasteiger partial charge in [0.1, 0.15) is 18.1 Å². The van der Waals surface area contributed by atoms with Crippen molar-refractivity contribution < 1.29 is 9.94 Å². The Bertz CT molecular complexity index is 710. The molecule has 24 heavy (non-hydrogen) atoms. The number of phenols is 1. The highest BCUT2D eigenvalue weighted by Gasteiger charge is 2.06. The monoisotopic (exact) mass is 344 g/mol. The first-order chi connectivity index (χ1) is 11.6. The van der Waals surface area contributed by atoms with Crippen LogP contribution >= 0.6 is 11.6 Å². The van der Waals surface area contributed by atoms with E-state index in [4.69, 9.17) is 16.4 Å². The van der Waals surface area contributed by atoms with Crippen LogP contribution in [0.3, 0.4) is 0 Å². The number of halogens is 1. The molecule has 0 aliphatic heterocycles. The zero-order valence-electron chi connectivity index (χ0n) is 13.8. The maximum absolute atomic E-state index is 9.35. The maximum Gasteiger partial charge on any atom is 0.129 e. The molecule has 0 aromatic heterocycles. The Morgan fingerprint density at radius 1 is 1.17 bits per heavy atom. The van der Waals surface area contributed by atoms with Gasteiger partial charge in [0, 0.05) is 12.1 Å². The van der Waals surface area contributed by atoms with Crippen LogP contribution in [0.4, 0.5) is 0 Å². The van der Waals surface area contributed by atoms with E-state index >= 15 is 0 Å². The van der Waals surface area contributed by atoms with Crippen molar-refractivity contribution in [2.75, 3.05) is 27.2 Å². The van der Waals surface area contributed by atoms with Crippen LogP contribution in [0, 0.1) is 0 Å². The van der Waals surface area contributed by atoms with E-state index in [1.54, 1.807) is 12.1 Å². The van der Waals surface area contributed by atoms with Crippen LogP contribution in [0.2, 0.25) is 5.02 Å².